The molecule has 1 aliphatic rings. The molecule has 1 fully saturated rings. The second-order valence-electron chi connectivity index (χ2n) is 6.21. The lowest BCUT2D eigenvalue weighted by atomic mass is 10.0. The standard InChI is InChI=1S/C17H21N3O4S/c1-25(22,23)18-12-14-9-5-6-10-20(14)17(21)15-11-16(24-19-15)13-7-3-2-4-8-13/h2-4,7-8,11,14,18H,5-6,9-10,12H2,1H3. The number of benzene rings is 1. The molecule has 1 atom stereocenters. The lowest BCUT2D eigenvalue weighted by Crippen LogP contribution is -2.49. The molecule has 134 valence electrons. The van der Waals surface area contributed by atoms with Gasteiger partial charge < -0.3 is 9.42 Å². The predicted octanol–water partition coefficient (Wildman–Crippen LogP) is 1.89. The molecule has 1 aromatic heterocycles. The highest BCUT2D eigenvalue weighted by Crippen LogP contribution is 2.23. The maximum absolute atomic E-state index is 12.8. The minimum atomic E-state index is -3.29. The highest BCUT2D eigenvalue weighted by atomic mass is 32.2. The Hall–Kier alpha value is -2.19. The molecule has 2 aromatic rings. The molecule has 1 unspecified atom stereocenters. The monoisotopic (exact) mass is 363 g/mol. The Balaban J connectivity index is 1.75. The van der Waals surface area contributed by atoms with Crippen molar-refractivity contribution >= 4 is 15.9 Å². The third-order valence-electron chi connectivity index (χ3n) is 4.26. The number of hydrogen-bond donors (Lipinski definition) is 1. The van der Waals surface area contributed by atoms with Gasteiger partial charge in [-0.05, 0) is 19.3 Å². The zero-order valence-corrected chi connectivity index (χ0v) is 14.8. The first-order chi connectivity index (χ1) is 11.9. The summed E-state index contributed by atoms with van der Waals surface area (Å²) in [5.41, 5.74) is 1.09. The summed E-state index contributed by atoms with van der Waals surface area (Å²) in [6.07, 6.45) is 3.74. The van der Waals surface area contributed by atoms with E-state index in [-0.39, 0.29) is 24.2 Å². The first-order valence-electron chi connectivity index (χ1n) is 8.22. The topological polar surface area (TPSA) is 92.5 Å². The van der Waals surface area contributed by atoms with Crippen molar-refractivity contribution in [1.29, 1.82) is 0 Å². The molecule has 1 amide bonds. The summed E-state index contributed by atoms with van der Waals surface area (Å²) < 4.78 is 30.5. The van der Waals surface area contributed by atoms with Gasteiger partial charge in [-0.2, -0.15) is 0 Å². The summed E-state index contributed by atoms with van der Waals surface area (Å²) in [6.45, 7) is 0.802. The molecule has 0 spiro atoms. The Bertz CT molecular complexity index is 833. The first-order valence-corrected chi connectivity index (χ1v) is 10.1. The van der Waals surface area contributed by atoms with Crippen LogP contribution in [0.4, 0.5) is 0 Å². The summed E-state index contributed by atoms with van der Waals surface area (Å²) in [4.78, 5) is 14.5. The number of rotatable bonds is 5. The van der Waals surface area contributed by atoms with Gasteiger partial charge in [0, 0.05) is 30.8 Å². The highest BCUT2D eigenvalue weighted by Gasteiger charge is 2.29. The third kappa shape index (κ3) is 4.46. The third-order valence-corrected chi connectivity index (χ3v) is 4.95. The van der Waals surface area contributed by atoms with Gasteiger partial charge in [-0.15, -0.1) is 0 Å². The molecule has 2 heterocycles. The van der Waals surface area contributed by atoms with Crippen LogP contribution in [0.1, 0.15) is 29.8 Å². The van der Waals surface area contributed by atoms with E-state index in [2.05, 4.69) is 9.88 Å². The Morgan fingerprint density at radius 3 is 2.80 bits per heavy atom. The molecule has 1 saturated heterocycles. The fourth-order valence-corrected chi connectivity index (χ4v) is 3.48. The molecule has 1 aromatic carbocycles. The molecule has 25 heavy (non-hydrogen) atoms. The maximum Gasteiger partial charge on any atom is 0.276 e. The van der Waals surface area contributed by atoms with Crippen LogP contribution in [-0.2, 0) is 10.0 Å². The molecule has 1 aliphatic heterocycles. The molecular weight excluding hydrogens is 342 g/mol. The van der Waals surface area contributed by atoms with Crippen LogP contribution in [0.2, 0.25) is 0 Å². The Morgan fingerprint density at radius 2 is 2.08 bits per heavy atom. The summed E-state index contributed by atoms with van der Waals surface area (Å²) in [5.74, 6) is 0.303. The molecule has 0 radical (unpaired) electrons. The molecule has 0 bridgehead atoms. The smallest absolute Gasteiger partial charge is 0.276 e. The molecular formula is C17H21N3O4S. The number of likely N-dealkylation sites (tertiary alicyclic amines) is 1. The normalized spacial score (nSPS) is 18.3. The lowest BCUT2D eigenvalue weighted by molar-refractivity contribution is 0.0608. The van der Waals surface area contributed by atoms with Crippen LogP contribution >= 0.6 is 0 Å². The van der Waals surface area contributed by atoms with Gasteiger partial charge in [0.05, 0.1) is 6.26 Å². The molecule has 0 saturated carbocycles. The van der Waals surface area contributed by atoms with Gasteiger partial charge in [-0.3, -0.25) is 4.79 Å². The average molecular weight is 363 g/mol. The minimum absolute atomic E-state index is 0.173. The van der Waals surface area contributed by atoms with E-state index >= 15 is 0 Å². The minimum Gasteiger partial charge on any atom is -0.355 e. The molecule has 0 aliphatic carbocycles. The van der Waals surface area contributed by atoms with Crippen LogP contribution in [0.15, 0.2) is 40.9 Å². The first kappa shape index (κ1) is 17.6. The zero-order chi connectivity index (χ0) is 17.9. The fraction of sp³-hybridized carbons (Fsp3) is 0.412. The Labute approximate surface area is 147 Å². The number of amides is 1. The number of nitrogens with zero attached hydrogens (tertiary/aromatic N) is 2. The van der Waals surface area contributed by atoms with Gasteiger partial charge in [0.1, 0.15) is 0 Å². The highest BCUT2D eigenvalue weighted by molar-refractivity contribution is 7.88. The van der Waals surface area contributed by atoms with Crippen molar-refractivity contribution < 1.29 is 17.7 Å². The van der Waals surface area contributed by atoms with E-state index in [1.165, 1.54) is 0 Å². The van der Waals surface area contributed by atoms with Crippen LogP contribution in [0.25, 0.3) is 11.3 Å². The molecule has 8 heteroatoms. The van der Waals surface area contributed by atoms with Gasteiger partial charge in [0.2, 0.25) is 10.0 Å². The fourth-order valence-electron chi connectivity index (χ4n) is 2.99. The second kappa shape index (κ2) is 7.37. The van der Waals surface area contributed by atoms with Crippen LogP contribution in [0.3, 0.4) is 0 Å². The Morgan fingerprint density at radius 1 is 1.32 bits per heavy atom. The van der Waals surface area contributed by atoms with E-state index in [1.54, 1.807) is 11.0 Å². The van der Waals surface area contributed by atoms with Gasteiger partial charge >= 0.3 is 0 Å². The van der Waals surface area contributed by atoms with E-state index in [0.717, 1.165) is 31.1 Å². The van der Waals surface area contributed by atoms with Crippen molar-refractivity contribution in [2.45, 2.75) is 25.3 Å². The summed E-state index contributed by atoms with van der Waals surface area (Å²) in [6, 6.07) is 10.9. The van der Waals surface area contributed by atoms with Crippen molar-refractivity contribution in [3.05, 3.63) is 42.1 Å². The number of sulfonamides is 1. The molecule has 3 rings (SSSR count). The van der Waals surface area contributed by atoms with Crippen molar-refractivity contribution in [3.8, 4) is 11.3 Å². The summed E-state index contributed by atoms with van der Waals surface area (Å²) in [5, 5.41) is 3.91. The quantitative estimate of drug-likeness (QED) is 0.876. The summed E-state index contributed by atoms with van der Waals surface area (Å²) >= 11 is 0. The lowest BCUT2D eigenvalue weighted by Gasteiger charge is -2.35. The molecule has 7 nitrogen and oxygen atoms in total. The van der Waals surface area contributed by atoms with E-state index in [1.807, 2.05) is 30.3 Å². The Kier molecular flexibility index (Phi) is 5.19. The van der Waals surface area contributed by atoms with Gasteiger partial charge in [-0.25, -0.2) is 13.1 Å². The number of carbonyl (C=O) groups excluding carboxylic acids is 1. The number of hydrogen-bond acceptors (Lipinski definition) is 5. The number of piperidine rings is 1. The number of nitrogens with one attached hydrogen (secondary N) is 1. The van der Waals surface area contributed by atoms with E-state index in [4.69, 9.17) is 4.52 Å². The predicted molar refractivity (Wildman–Crippen MR) is 93.5 cm³/mol. The van der Waals surface area contributed by atoms with Gasteiger partial charge in [-0.1, -0.05) is 35.5 Å². The van der Waals surface area contributed by atoms with Gasteiger partial charge in [0.25, 0.3) is 5.91 Å². The van der Waals surface area contributed by atoms with E-state index in [9.17, 15) is 13.2 Å². The largest absolute Gasteiger partial charge is 0.355 e. The zero-order valence-electron chi connectivity index (χ0n) is 14.0. The van der Waals surface area contributed by atoms with Crippen LogP contribution in [-0.4, -0.2) is 49.8 Å². The summed E-state index contributed by atoms with van der Waals surface area (Å²) in [7, 11) is -3.29. The van der Waals surface area contributed by atoms with E-state index in [0.29, 0.717) is 12.3 Å². The van der Waals surface area contributed by atoms with Crippen LogP contribution < -0.4 is 4.72 Å². The maximum atomic E-state index is 12.8. The number of aromatic nitrogens is 1. The second-order valence-corrected chi connectivity index (χ2v) is 8.04. The number of carbonyl (C=O) groups is 1. The van der Waals surface area contributed by atoms with Crippen LogP contribution in [0.5, 0.6) is 0 Å². The van der Waals surface area contributed by atoms with Crippen molar-refractivity contribution in [1.82, 2.24) is 14.8 Å². The van der Waals surface area contributed by atoms with Crippen LogP contribution in [0, 0.1) is 0 Å². The molecule has 1 N–H and O–H groups in total. The average Bonchev–Trinajstić information content (AvgIpc) is 3.10. The van der Waals surface area contributed by atoms with Crippen molar-refractivity contribution in [3.63, 3.8) is 0 Å². The SMILES string of the molecule is CS(=O)(=O)NCC1CCCCN1C(=O)c1cc(-c2ccccc2)on1. The van der Waals surface area contributed by atoms with Crippen molar-refractivity contribution in [2.24, 2.45) is 0 Å². The van der Waals surface area contributed by atoms with E-state index < -0.39 is 10.0 Å². The van der Waals surface area contributed by atoms with Crippen molar-refractivity contribution in [2.75, 3.05) is 19.3 Å². The van der Waals surface area contributed by atoms with Gasteiger partial charge in [0.15, 0.2) is 11.5 Å².